The third-order valence-corrected chi connectivity index (χ3v) is 13.6. The fourth-order valence-corrected chi connectivity index (χ4v) is 10.8. The molecule has 4 N–H and O–H groups in total. The molecule has 12 atom stereocenters. The number of carbonyl (C=O) groups excluding carboxylic acids is 1. The van der Waals surface area contributed by atoms with Crippen LogP contribution in [-0.2, 0) is 14.2 Å². The molecule has 0 bridgehead atoms. The zero-order valence-corrected chi connectivity index (χ0v) is 30.1. The number of rotatable bonds is 14. The number of allylic oxidation sites excluding steroid dienone is 1. The van der Waals surface area contributed by atoms with Crippen molar-refractivity contribution in [2.75, 3.05) is 19.8 Å². The quantitative estimate of drug-likeness (QED) is 0.116. The summed E-state index contributed by atoms with van der Waals surface area (Å²) >= 11 is 0. The van der Waals surface area contributed by atoms with Crippen LogP contribution in [0.1, 0.15) is 131 Å². The standard InChI is InChI=1S/C39H67NO7/c1-25(2)11-10-12-26(3)30-15-16-31-29-14-13-27-23-28(17-19-38(27,4)32(29)18-20-39(30,31)5)47-37(44)40-21-8-6-7-9-22-45-36-35(43)34(42)33(41)24-46-36/h13,25-26,28-36,41-43H,6-12,14-24H2,1-5H3,(H,40,44)/t26-,28+,29+,30-,31+,32+,33-,34+,35+,36-,38+,39-/m1/s1. The van der Waals surface area contributed by atoms with Crippen LogP contribution >= 0.6 is 0 Å². The van der Waals surface area contributed by atoms with Crippen LogP contribution < -0.4 is 5.32 Å². The predicted molar refractivity (Wildman–Crippen MR) is 183 cm³/mol. The van der Waals surface area contributed by atoms with Crippen molar-refractivity contribution in [2.45, 2.75) is 162 Å². The summed E-state index contributed by atoms with van der Waals surface area (Å²) in [6.45, 7) is 13.4. The van der Waals surface area contributed by atoms with E-state index in [4.69, 9.17) is 14.2 Å². The Kier molecular flexibility index (Phi) is 12.8. The van der Waals surface area contributed by atoms with E-state index in [1.165, 1.54) is 51.4 Å². The minimum Gasteiger partial charge on any atom is -0.446 e. The van der Waals surface area contributed by atoms with E-state index in [9.17, 15) is 20.1 Å². The molecule has 8 nitrogen and oxygen atoms in total. The number of ether oxygens (including phenoxy) is 3. The van der Waals surface area contributed by atoms with E-state index in [-0.39, 0.29) is 24.2 Å². The lowest BCUT2D eigenvalue weighted by Crippen LogP contribution is -2.53. The Morgan fingerprint density at radius 2 is 1.74 bits per heavy atom. The van der Waals surface area contributed by atoms with Gasteiger partial charge in [-0.1, -0.05) is 78.4 Å². The monoisotopic (exact) mass is 661 g/mol. The summed E-state index contributed by atoms with van der Waals surface area (Å²) in [5.41, 5.74) is 2.32. The summed E-state index contributed by atoms with van der Waals surface area (Å²) in [5.74, 6) is 5.00. The molecule has 0 aromatic rings. The summed E-state index contributed by atoms with van der Waals surface area (Å²) in [6.07, 6.45) is 15.2. The van der Waals surface area contributed by atoms with Gasteiger partial charge in [0.25, 0.3) is 0 Å². The van der Waals surface area contributed by atoms with Gasteiger partial charge in [0.1, 0.15) is 24.4 Å². The number of alkyl carbamates (subject to hydrolysis) is 1. The number of aliphatic hydroxyl groups is 3. The van der Waals surface area contributed by atoms with Crippen molar-refractivity contribution in [3.8, 4) is 0 Å². The van der Waals surface area contributed by atoms with E-state index in [2.05, 4.69) is 46.0 Å². The first-order chi connectivity index (χ1) is 22.4. The highest BCUT2D eigenvalue weighted by molar-refractivity contribution is 5.67. The van der Waals surface area contributed by atoms with Crippen molar-refractivity contribution in [1.82, 2.24) is 5.32 Å². The average molecular weight is 662 g/mol. The van der Waals surface area contributed by atoms with Gasteiger partial charge in [0.2, 0.25) is 0 Å². The van der Waals surface area contributed by atoms with E-state index in [0.29, 0.717) is 18.6 Å². The van der Waals surface area contributed by atoms with E-state index < -0.39 is 24.6 Å². The lowest BCUT2D eigenvalue weighted by atomic mass is 9.47. The largest absolute Gasteiger partial charge is 0.446 e. The Morgan fingerprint density at radius 3 is 2.53 bits per heavy atom. The van der Waals surface area contributed by atoms with Crippen LogP contribution in [-0.4, -0.2) is 71.9 Å². The number of aliphatic hydroxyl groups excluding tert-OH is 3. The second kappa shape index (κ2) is 16.2. The van der Waals surface area contributed by atoms with Gasteiger partial charge in [-0.15, -0.1) is 0 Å². The summed E-state index contributed by atoms with van der Waals surface area (Å²) in [4.78, 5) is 12.7. The maximum absolute atomic E-state index is 12.7. The van der Waals surface area contributed by atoms with Crippen molar-refractivity contribution in [1.29, 1.82) is 0 Å². The van der Waals surface area contributed by atoms with E-state index in [1.807, 2.05) is 0 Å². The first kappa shape index (κ1) is 37.1. The Bertz CT molecular complexity index is 1050. The number of amides is 1. The van der Waals surface area contributed by atoms with Crippen molar-refractivity contribution < 1.29 is 34.3 Å². The minimum atomic E-state index is -1.25. The van der Waals surface area contributed by atoms with Crippen LogP contribution in [0.5, 0.6) is 0 Å². The van der Waals surface area contributed by atoms with Gasteiger partial charge in [-0.3, -0.25) is 0 Å². The van der Waals surface area contributed by atoms with Crippen LogP contribution in [0.4, 0.5) is 4.79 Å². The molecule has 3 saturated carbocycles. The molecule has 1 heterocycles. The van der Waals surface area contributed by atoms with E-state index >= 15 is 0 Å². The van der Waals surface area contributed by atoms with Gasteiger partial charge < -0.3 is 34.8 Å². The highest BCUT2D eigenvalue weighted by Gasteiger charge is 2.59. The third kappa shape index (κ3) is 8.41. The topological polar surface area (TPSA) is 117 Å². The third-order valence-electron chi connectivity index (χ3n) is 13.6. The number of nitrogens with one attached hydrogen (secondary N) is 1. The van der Waals surface area contributed by atoms with E-state index in [0.717, 1.165) is 80.5 Å². The van der Waals surface area contributed by atoms with Crippen molar-refractivity contribution in [3.63, 3.8) is 0 Å². The van der Waals surface area contributed by atoms with Crippen molar-refractivity contribution >= 4 is 6.09 Å². The van der Waals surface area contributed by atoms with Crippen molar-refractivity contribution in [2.24, 2.45) is 46.3 Å². The molecule has 47 heavy (non-hydrogen) atoms. The Morgan fingerprint density at radius 1 is 0.957 bits per heavy atom. The molecule has 0 aromatic heterocycles. The molecule has 4 fully saturated rings. The molecule has 5 aliphatic rings. The number of fused-ring (bicyclic) bond motifs is 5. The first-order valence-corrected chi connectivity index (χ1v) is 19.4. The van der Waals surface area contributed by atoms with Gasteiger partial charge >= 0.3 is 6.09 Å². The molecule has 5 rings (SSSR count). The molecule has 1 aliphatic heterocycles. The lowest BCUT2D eigenvalue weighted by molar-refractivity contribution is -0.270. The summed E-state index contributed by atoms with van der Waals surface area (Å²) < 4.78 is 16.7. The fraction of sp³-hybridized carbons (Fsp3) is 0.923. The van der Waals surface area contributed by atoms with Gasteiger partial charge in [0, 0.05) is 19.6 Å². The summed E-state index contributed by atoms with van der Waals surface area (Å²) in [7, 11) is 0. The molecule has 1 saturated heterocycles. The molecule has 0 spiro atoms. The number of carbonyl (C=O) groups is 1. The van der Waals surface area contributed by atoms with Gasteiger partial charge in [-0.05, 0) is 104 Å². The van der Waals surface area contributed by atoms with Crippen LogP contribution in [0, 0.1) is 46.3 Å². The van der Waals surface area contributed by atoms with Crippen LogP contribution in [0.25, 0.3) is 0 Å². The lowest BCUT2D eigenvalue weighted by Gasteiger charge is -2.58. The normalized spacial score (nSPS) is 40.6. The predicted octanol–water partition coefficient (Wildman–Crippen LogP) is 7.14. The molecule has 0 unspecified atom stereocenters. The smallest absolute Gasteiger partial charge is 0.407 e. The van der Waals surface area contributed by atoms with Gasteiger partial charge in [0.15, 0.2) is 6.29 Å². The molecule has 4 aliphatic carbocycles. The number of hydrogen-bond donors (Lipinski definition) is 4. The SMILES string of the molecule is CC(C)CCC[C@@H](C)[C@H]1CC[C@H]2[C@@H]3CC=C4C[C@@H](OC(=O)NCCCCCCO[C@@H]5OC[C@@H](O)[C@H](O)[C@@H]5O)CC[C@]4(C)[C@H]3CC[C@]12C. The molecular weight excluding hydrogens is 594 g/mol. The maximum Gasteiger partial charge on any atom is 0.407 e. The fourth-order valence-electron chi connectivity index (χ4n) is 10.8. The zero-order chi connectivity index (χ0) is 33.8. The van der Waals surface area contributed by atoms with Crippen LogP contribution in [0.15, 0.2) is 11.6 Å². The molecule has 1 amide bonds. The Balaban J connectivity index is 1.00. The van der Waals surface area contributed by atoms with Crippen LogP contribution in [0.2, 0.25) is 0 Å². The molecule has 8 heteroatoms. The molecule has 0 radical (unpaired) electrons. The summed E-state index contributed by atoms with van der Waals surface area (Å²) in [5, 5.41) is 32.2. The van der Waals surface area contributed by atoms with Crippen molar-refractivity contribution in [3.05, 3.63) is 11.6 Å². The second-order valence-corrected chi connectivity index (χ2v) is 17.0. The zero-order valence-electron chi connectivity index (χ0n) is 30.1. The number of hydrogen-bond acceptors (Lipinski definition) is 7. The molecular formula is C39H67NO7. The van der Waals surface area contributed by atoms with Gasteiger partial charge in [-0.25, -0.2) is 4.79 Å². The first-order valence-electron chi connectivity index (χ1n) is 19.4. The van der Waals surface area contributed by atoms with Gasteiger partial charge in [-0.2, -0.15) is 0 Å². The Labute approximate surface area is 284 Å². The Hall–Kier alpha value is -1.19. The average Bonchev–Trinajstić information content (AvgIpc) is 3.39. The maximum atomic E-state index is 12.7. The second-order valence-electron chi connectivity index (χ2n) is 17.0. The highest BCUT2D eigenvalue weighted by Crippen LogP contribution is 2.67. The van der Waals surface area contributed by atoms with Crippen LogP contribution in [0.3, 0.4) is 0 Å². The molecule has 0 aromatic carbocycles. The highest BCUT2D eigenvalue weighted by atomic mass is 16.7. The number of unbranched alkanes of at least 4 members (excludes halogenated alkanes) is 3. The van der Waals surface area contributed by atoms with Gasteiger partial charge in [0.05, 0.1) is 6.61 Å². The van der Waals surface area contributed by atoms with E-state index in [1.54, 1.807) is 5.57 Å². The summed E-state index contributed by atoms with van der Waals surface area (Å²) in [6, 6.07) is 0. The minimum absolute atomic E-state index is 0.0311. The molecule has 270 valence electrons.